The third-order valence-corrected chi connectivity index (χ3v) is 7.87. The van der Waals surface area contributed by atoms with Gasteiger partial charge in [0.2, 0.25) is 10.0 Å². The molecule has 0 amide bonds. The summed E-state index contributed by atoms with van der Waals surface area (Å²) < 4.78 is 31.4. The van der Waals surface area contributed by atoms with E-state index in [1.165, 1.54) is 43.6 Å². The summed E-state index contributed by atoms with van der Waals surface area (Å²) in [6.07, 6.45) is 0. The highest BCUT2D eigenvalue weighted by molar-refractivity contribution is 7.99. The number of fused-ring (bicyclic) bond motifs is 1. The number of ketones is 1. The Labute approximate surface area is 175 Å². The highest BCUT2D eigenvalue weighted by Crippen LogP contribution is 2.28. The summed E-state index contributed by atoms with van der Waals surface area (Å²) in [5.74, 6) is 0.204. The Morgan fingerprint density at radius 2 is 1.76 bits per heavy atom. The van der Waals surface area contributed by atoms with E-state index in [1.54, 1.807) is 6.07 Å². The minimum atomic E-state index is -3.55. The fourth-order valence-electron chi connectivity index (χ4n) is 3.03. The zero-order valence-corrected chi connectivity index (χ0v) is 19.0. The average Bonchev–Trinajstić information content (AvgIpc) is 3.09. The van der Waals surface area contributed by atoms with E-state index in [1.807, 2.05) is 26.8 Å². The smallest absolute Gasteiger partial charge is 0.257 e. The lowest BCUT2D eigenvalue weighted by Gasteiger charge is -2.13. The number of carbonyl (C=O) groups excluding carboxylic acids is 1. The van der Waals surface area contributed by atoms with Gasteiger partial charge in [0.05, 0.1) is 10.6 Å². The molecule has 0 N–H and O–H groups in total. The molecule has 0 aliphatic heterocycles. The van der Waals surface area contributed by atoms with E-state index in [-0.39, 0.29) is 16.4 Å². The van der Waals surface area contributed by atoms with Crippen LogP contribution < -0.4 is 0 Å². The lowest BCUT2D eigenvalue weighted by molar-refractivity contribution is 0.102. The number of aromatic nitrogens is 1. The lowest BCUT2D eigenvalue weighted by atomic mass is 9.93. The number of aryl methyl sites for hydroxylation is 1. The summed E-state index contributed by atoms with van der Waals surface area (Å²) in [6.45, 7) is 8.06. The number of hydrogen-bond donors (Lipinski definition) is 0. The van der Waals surface area contributed by atoms with Gasteiger partial charge in [-0.15, -0.1) is 0 Å². The molecule has 0 atom stereocenters. The maximum Gasteiger partial charge on any atom is 0.257 e. The van der Waals surface area contributed by atoms with Crippen LogP contribution in [-0.4, -0.2) is 43.3 Å². The summed E-state index contributed by atoms with van der Waals surface area (Å²) in [6, 6.07) is 6.49. The molecular formula is C21H24N2O4S2. The van der Waals surface area contributed by atoms with E-state index in [9.17, 15) is 13.2 Å². The van der Waals surface area contributed by atoms with Crippen LogP contribution in [0, 0.1) is 27.7 Å². The third kappa shape index (κ3) is 4.10. The van der Waals surface area contributed by atoms with Crippen molar-refractivity contribution in [2.45, 2.75) is 37.8 Å². The molecule has 0 unspecified atom stereocenters. The number of carbonyl (C=O) groups is 1. The van der Waals surface area contributed by atoms with E-state index < -0.39 is 10.0 Å². The van der Waals surface area contributed by atoms with Gasteiger partial charge in [-0.05, 0) is 74.2 Å². The van der Waals surface area contributed by atoms with Crippen LogP contribution in [0.15, 0.2) is 38.8 Å². The van der Waals surface area contributed by atoms with Crippen LogP contribution in [0.25, 0.3) is 11.1 Å². The molecule has 6 nitrogen and oxygen atoms in total. The van der Waals surface area contributed by atoms with Gasteiger partial charge in [-0.2, -0.15) is 0 Å². The number of hydrogen-bond acceptors (Lipinski definition) is 6. The molecule has 0 aliphatic rings. The average molecular weight is 433 g/mol. The molecule has 0 saturated heterocycles. The summed E-state index contributed by atoms with van der Waals surface area (Å²) in [5.41, 5.74) is 6.07. The van der Waals surface area contributed by atoms with Gasteiger partial charge >= 0.3 is 0 Å². The Morgan fingerprint density at radius 3 is 2.41 bits per heavy atom. The predicted octanol–water partition coefficient (Wildman–Crippen LogP) is 4.29. The molecule has 1 aromatic heterocycles. The van der Waals surface area contributed by atoms with Crippen molar-refractivity contribution in [2.24, 2.45) is 0 Å². The molecule has 3 aromatic rings. The van der Waals surface area contributed by atoms with Gasteiger partial charge in [0.15, 0.2) is 11.4 Å². The molecule has 0 fully saturated rings. The largest absolute Gasteiger partial charge is 0.431 e. The third-order valence-electron chi connectivity index (χ3n) is 5.23. The molecule has 2 aromatic carbocycles. The van der Waals surface area contributed by atoms with Gasteiger partial charge in [0, 0.05) is 19.7 Å². The Balaban J connectivity index is 1.82. The second-order valence-electron chi connectivity index (χ2n) is 7.22. The number of benzene rings is 2. The fraction of sp³-hybridized carbons (Fsp3) is 0.333. The molecular weight excluding hydrogens is 408 g/mol. The van der Waals surface area contributed by atoms with E-state index in [0.29, 0.717) is 21.9 Å². The Bertz CT molecular complexity index is 1210. The van der Waals surface area contributed by atoms with Crippen LogP contribution >= 0.6 is 11.8 Å². The van der Waals surface area contributed by atoms with Crippen LogP contribution in [0.4, 0.5) is 0 Å². The summed E-state index contributed by atoms with van der Waals surface area (Å²) in [4.78, 5) is 17.2. The van der Waals surface area contributed by atoms with Gasteiger partial charge in [0.1, 0.15) is 5.52 Å². The predicted molar refractivity (Wildman–Crippen MR) is 115 cm³/mol. The molecule has 29 heavy (non-hydrogen) atoms. The maximum absolute atomic E-state index is 12.8. The number of nitrogens with zero attached hydrogens (tertiary/aromatic N) is 2. The van der Waals surface area contributed by atoms with Crippen LogP contribution in [0.3, 0.4) is 0 Å². The molecule has 8 heteroatoms. The van der Waals surface area contributed by atoms with Crippen molar-refractivity contribution >= 4 is 38.7 Å². The van der Waals surface area contributed by atoms with Gasteiger partial charge in [-0.25, -0.2) is 17.7 Å². The summed E-state index contributed by atoms with van der Waals surface area (Å²) in [7, 11) is -0.591. The topological polar surface area (TPSA) is 80.5 Å². The molecule has 0 saturated carbocycles. The molecule has 0 aliphatic carbocycles. The van der Waals surface area contributed by atoms with Gasteiger partial charge < -0.3 is 4.42 Å². The van der Waals surface area contributed by atoms with E-state index in [0.717, 1.165) is 21.0 Å². The van der Waals surface area contributed by atoms with Gasteiger partial charge in [0.25, 0.3) is 5.22 Å². The van der Waals surface area contributed by atoms with Crippen molar-refractivity contribution in [1.82, 2.24) is 9.29 Å². The SMILES string of the molecule is Cc1cc(C(=O)CSc2nc3cc(S(=O)(=O)N(C)C)ccc3o2)c(C)c(C)c1C. The number of thioether (sulfide) groups is 1. The standard InChI is InChI=1S/C21H24N2O4S2/c1-12-9-17(15(4)14(3)13(12)2)19(24)11-28-21-22-18-10-16(7-8-20(18)27-21)29(25,26)23(5)6/h7-10H,11H2,1-6H3. The number of Topliss-reactive ketones (excluding diaryl/α,β-unsaturated/α-hetero) is 1. The number of oxazole rings is 1. The zero-order chi connectivity index (χ0) is 21.5. The van der Waals surface area contributed by atoms with Crippen molar-refractivity contribution in [1.29, 1.82) is 0 Å². The Kier molecular flexibility index (Phi) is 5.89. The van der Waals surface area contributed by atoms with Crippen LogP contribution in [0.2, 0.25) is 0 Å². The minimum absolute atomic E-state index is 0.0110. The first-order chi connectivity index (χ1) is 13.5. The van der Waals surface area contributed by atoms with Crippen molar-refractivity contribution in [3.8, 4) is 0 Å². The van der Waals surface area contributed by atoms with Crippen LogP contribution in [0.5, 0.6) is 0 Å². The highest BCUT2D eigenvalue weighted by Gasteiger charge is 2.20. The molecule has 154 valence electrons. The summed E-state index contributed by atoms with van der Waals surface area (Å²) in [5, 5.41) is 0.339. The normalized spacial score (nSPS) is 12.1. The van der Waals surface area contributed by atoms with E-state index in [4.69, 9.17) is 4.42 Å². The van der Waals surface area contributed by atoms with Crippen molar-refractivity contribution in [3.63, 3.8) is 0 Å². The van der Waals surface area contributed by atoms with Crippen LogP contribution in [-0.2, 0) is 10.0 Å². The first-order valence-electron chi connectivity index (χ1n) is 9.09. The molecule has 0 spiro atoms. The quantitative estimate of drug-likeness (QED) is 0.427. The number of sulfonamides is 1. The Hall–Kier alpha value is -2.16. The van der Waals surface area contributed by atoms with Crippen molar-refractivity contribution < 1.29 is 17.6 Å². The zero-order valence-electron chi connectivity index (χ0n) is 17.4. The summed E-state index contributed by atoms with van der Waals surface area (Å²) >= 11 is 1.21. The van der Waals surface area contributed by atoms with E-state index >= 15 is 0 Å². The first-order valence-corrected chi connectivity index (χ1v) is 11.5. The number of rotatable bonds is 6. The maximum atomic E-state index is 12.8. The van der Waals surface area contributed by atoms with Crippen molar-refractivity contribution in [2.75, 3.05) is 19.8 Å². The van der Waals surface area contributed by atoms with Gasteiger partial charge in [-0.3, -0.25) is 4.79 Å². The lowest BCUT2D eigenvalue weighted by Crippen LogP contribution is -2.22. The molecule has 0 radical (unpaired) electrons. The van der Waals surface area contributed by atoms with E-state index in [2.05, 4.69) is 11.9 Å². The minimum Gasteiger partial charge on any atom is -0.431 e. The van der Waals surface area contributed by atoms with Crippen LogP contribution in [0.1, 0.15) is 32.6 Å². The van der Waals surface area contributed by atoms with Gasteiger partial charge in [-0.1, -0.05) is 11.8 Å². The fourth-order valence-corrected chi connectivity index (χ4v) is 4.67. The second-order valence-corrected chi connectivity index (χ2v) is 10.3. The molecule has 3 rings (SSSR count). The second kappa shape index (κ2) is 7.93. The molecule has 0 bridgehead atoms. The highest BCUT2D eigenvalue weighted by atomic mass is 32.2. The first kappa shape index (κ1) is 21.5. The van der Waals surface area contributed by atoms with Crippen molar-refractivity contribution in [3.05, 3.63) is 52.1 Å². The Morgan fingerprint density at radius 1 is 1.07 bits per heavy atom. The monoisotopic (exact) mass is 432 g/mol. The molecule has 1 heterocycles.